The first-order valence-electron chi connectivity index (χ1n) is 4.70. The van der Waals surface area contributed by atoms with Gasteiger partial charge < -0.3 is 10.4 Å². The Kier molecular flexibility index (Phi) is 7.96. The predicted octanol–water partition coefficient (Wildman–Crippen LogP) is 1.54. The van der Waals surface area contributed by atoms with E-state index in [4.69, 9.17) is 0 Å². The first kappa shape index (κ1) is 10.9. The minimum absolute atomic E-state index is 0.107. The Morgan fingerprint density at radius 3 is 2.55 bits per heavy atom. The van der Waals surface area contributed by atoms with Crippen molar-refractivity contribution < 1.29 is 5.11 Å². The van der Waals surface area contributed by atoms with Gasteiger partial charge in [-0.15, -0.1) is 0 Å². The molecule has 0 aliphatic rings. The molecule has 0 fully saturated rings. The number of unbranched alkanes of at least 4 members (excludes halogenated alkanes) is 1. The smallest absolute Gasteiger partial charge is 0.0549 e. The molecule has 0 aromatic rings. The number of rotatable bonds is 7. The van der Waals surface area contributed by atoms with Crippen LogP contribution in [0.3, 0.4) is 0 Å². The number of hydrogen-bond donors (Lipinski definition) is 2. The molecule has 0 saturated heterocycles. The van der Waals surface area contributed by atoms with Gasteiger partial charge >= 0.3 is 0 Å². The normalized spacial score (nSPS) is 13.4. The highest BCUT2D eigenvalue weighted by atomic mass is 16.3. The summed E-state index contributed by atoms with van der Waals surface area (Å²) in [5, 5.41) is 12.5. The van der Waals surface area contributed by atoms with E-state index in [2.05, 4.69) is 12.2 Å². The van der Waals surface area contributed by atoms with E-state index in [9.17, 15) is 5.11 Å². The van der Waals surface area contributed by atoms with Crippen molar-refractivity contribution in [1.29, 1.82) is 0 Å². The molecule has 11 heavy (non-hydrogen) atoms. The molecule has 0 amide bonds. The minimum atomic E-state index is -0.107. The molecule has 1 atom stereocenters. The first-order valence-corrected chi connectivity index (χ1v) is 4.70. The Morgan fingerprint density at radius 1 is 1.27 bits per heavy atom. The molecule has 0 aromatic heterocycles. The Balaban J connectivity index is 2.89. The summed E-state index contributed by atoms with van der Waals surface area (Å²) >= 11 is 0. The lowest BCUT2D eigenvalue weighted by Gasteiger charge is -2.07. The molecular weight excluding hydrogens is 138 g/mol. The van der Waals surface area contributed by atoms with Crippen molar-refractivity contribution in [2.24, 2.45) is 0 Å². The molecule has 0 bridgehead atoms. The van der Waals surface area contributed by atoms with E-state index in [-0.39, 0.29) is 6.10 Å². The van der Waals surface area contributed by atoms with Crippen LogP contribution in [-0.4, -0.2) is 24.3 Å². The lowest BCUT2D eigenvalue weighted by Crippen LogP contribution is -2.20. The van der Waals surface area contributed by atoms with E-state index >= 15 is 0 Å². The maximum atomic E-state index is 9.17. The molecule has 0 saturated carbocycles. The van der Waals surface area contributed by atoms with Crippen LogP contribution in [-0.2, 0) is 0 Å². The molecule has 1 unspecified atom stereocenters. The van der Waals surface area contributed by atoms with Gasteiger partial charge in [0.15, 0.2) is 0 Å². The zero-order valence-electron chi connectivity index (χ0n) is 7.77. The largest absolute Gasteiger partial charge is 0.393 e. The SMILES string of the molecule is CCCCNCCC(O)CC. The van der Waals surface area contributed by atoms with Gasteiger partial charge in [-0.2, -0.15) is 0 Å². The van der Waals surface area contributed by atoms with E-state index in [1.807, 2.05) is 6.92 Å². The zero-order chi connectivity index (χ0) is 8.53. The van der Waals surface area contributed by atoms with Crippen molar-refractivity contribution in [3.63, 3.8) is 0 Å². The second-order valence-electron chi connectivity index (χ2n) is 2.95. The number of aliphatic hydroxyl groups is 1. The monoisotopic (exact) mass is 159 g/mol. The van der Waals surface area contributed by atoms with Crippen molar-refractivity contribution in [2.45, 2.75) is 45.6 Å². The molecule has 0 aliphatic carbocycles. The predicted molar refractivity (Wildman–Crippen MR) is 48.7 cm³/mol. The average molecular weight is 159 g/mol. The highest BCUT2D eigenvalue weighted by Gasteiger charge is 1.97. The molecule has 0 heterocycles. The van der Waals surface area contributed by atoms with Gasteiger partial charge in [-0.1, -0.05) is 20.3 Å². The molecule has 0 rings (SSSR count). The topological polar surface area (TPSA) is 32.3 Å². The highest BCUT2D eigenvalue weighted by molar-refractivity contribution is 4.55. The first-order chi connectivity index (χ1) is 5.31. The third-order valence-corrected chi connectivity index (χ3v) is 1.83. The molecule has 0 aliphatic heterocycles. The molecule has 2 N–H and O–H groups in total. The van der Waals surface area contributed by atoms with Gasteiger partial charge in [0.1, 0.15) is 0 Å². The summed E-state index contributed by atoms with van der Waals surface area (Å²) in [7, 11) is 0. The van der Waals surface area contributed by atoms with E-state index < -0.39 is 0 Å². The second kappa shape index (κ2) is 8.02. The summed E-state index contributed by atoms with van der Waals surface area (Å²) in [4.78, 5) is 0. The summed E-state index contributed by atoms with van der Waals surface area (Å²) < 4.78 is 0. The third kappa shape index (κ3) is 7.82. The van der Waals surface area contributed by atoms with Crippen LogP contribution in [0.1, 0.15) is 39.5 Å². The fourth-order valence-electron chi connectivity index (χ4n) is 0.900. The van der Waals surface area contributed by atoms with Gasteiger partial charge in [-0.3, -0.25) is 0 Å². The standard InChI is InChI=1S/C9H21NO/c1-3-5-7-10-8-6-9(11)4-2/h9-11H,3-8H2,1-2H3. The van der Waals surface area contributed by atoms with Crippen LogP contribution in [0.5, 0.6) is 0 Å². The lowest BCUT2D eigenvalue weighted by molar-refractivity contribution is 0.160. The van der Waals surface area contributed by atoms with Gasteiger partial charge in [0.25, 0.3) is 0 Å². The third-order valence-electron chi connectivity index (χ3n) is 1.83. The fraction of sp³-hybridized carbons (Fsp3) is 1.00. The van der Waals surface area contributed by atoms with E-state index in [0.717, 1.165) is 25.9 Å². The van der Waals surface area contributed by atoms with Gasteiger partial charge in [-0.25, -0.2) is 0 Å². The quantitative estimate of drug-likeness (QED) is 0.552. The van der Waals surface area contributed by atoms with Crippen LogP contribution < -0.4 is 5.32 Å². The summed E-state index contributed by atoms with van der Waals surface area (Å²) in [6.07, 6.45) is 4.13. The van der Waals surface area contributed by atoms with Crippen molar-refractivity contribution in [3.05, 3.63) is 0 Å². The maximum absolute atomic E-state index is 9.17. The van der Waals surface area contributed by atoms with Crippen LogP contribution in [0.15, 0.2) is 0 Å². The van der Waals surface area contributed by atoms with E-state index in [0.29, 0.717) is 0 Å². The van der Waals surface area contributed by atoms with Crippen LogP contribution in [0.25, 0.3) is 0 Å². The van der Waals surface area contributed by atoms with E-state index in [1.165, 1.54) is 12.8 Å². The van der Waals surface area contributed by atoms with Gasteiger partial charge in [0, 0.05) is 0 Å². The number of aliphatic hydroxyl groups excluding tert-OH is 1. The minimum Gasteiger partial charge on any atom is -0.393 e. The van der Waals surface area contributed by atoms with Crippen LogP contribution in [0.4, 0.5) is 0 Å². The maximum Gasteiger partial charge on any atom is 0.0549 e. The molecule has 68 valence electrons. The van der Waals surface area contributed by atoms with Crippen molar-refractivity contribution >= 4 is 0 Å². The molecule has 2 heteroatoms. The molecule has 2 nitrogen and oxygen atoms in total. The van der Waals surface area contributed by atoms with Gasteiger partial charge in [-0.05, 0) is 32.4 Å². The highest BCUT2D eigenvalue weighted by Crippen LogP contribution is 1.94. The van der Waals surface area contributed by atoms with Crippen molar-refractivity contribution in [2.75, 3.05) is 13.1 Å². The second-order valence-corrected chi connectivity index (χ2v) is 2.95. The van der Waals surface area contributed by atoms with Gasteiger partial charge in [0.2, 0.25) is 0 Å². The Bertz CT molecular complexity index is 76.0. The summed E-state index contributed by atoms with van der Waals surface area (Å²) in [5.74, 6) is 0. The van der Waals surface area contributed by atoms with Crippen LogP contribution >= 0.6 is 0 Å². The number of nitrogens with one attached hydrogen (secondary N) is 1. The Labute approximate surface area is 70.0 Å². The fourth-order valence-corrected chi connectivity index (χ4v) is 0.900. The van der Waals surface area contributed by atoms with Crippen molar-refractivity contribution in [3.8, 4) is 0 Å². The summed E-state index contributed by atoms with van der Waals surface area (Å²) in [5.41, 5.74) is 0. The number of hydrogen-bond acceptors (Lipinski definition) is 2. The Hall–Kier alpha value is -0.0800. The molecule has 0 spiro atoms. The summed E-state index contributed by atoms with van der Waals surface area (Å²) in [6.45, 7) is 6.24. The van der Waals surface area contributed by atoms with Crippen LogP contribution in [0, 0.1) is 0 Å². The summed E-state index contributed by atoms with van der Waals surface area (Å²) in [6, 6.07) is 0. The van der Waals surface area contributed by atoms with Gasteiger partial charge in [0.05, 0.1) is 6.10 Å². The van der Waals surface area contributed by atoms with E-state index in [1.54, 1.807) is 0 Å². The molecule has 0 radical (unpaired) electrons. The van der Waals surface area contributed by atoms with Crippen molar-refractivity contribution in [1.82, 2.24) is 5.32 Å². The molecule has 0 aromatic carbocycles. The Morgan fingerprint density at radius 2 is 2.00 bits per heavy atom. The lowest BCUT2D eigenvalue weighted by atomic mass is 10.2. The average Bonchev–Trinajstić information content (AvgIpc) is 2.04. The molecular formula is C9H21NO. The zero-order valence-corrected chi connectivity index (χ0v) is 7.77. The van der Waals surface area contributed by atoms with Crippen LogP contribution in [0.2, 0.25) is 0 Å².